The van der Waals surface area contributed by atoms with Crippen molar-refractivity contribution in [3.8, 4) is 0 Å². The molecule has 0 bridgehead atoms. The van der Waals surface area contributed by atoms with Crippen LogP contribution in [0.25, 0.3) is 0 Å². The van der Waals surface area contributed by atoms with E-state index >= 15 is 0 Å². The number of amides is 1. The van der Waals surface area contributed by atoms with E-state index in [4.69, 9.17) is 16.2 Å². The maximum Gasteiger partial charge on any atom is 0.248 e. The van der Waals surface area contributed by atoms with E-state index in [1.54, 1.807) is 6.92 Å². The predicted octanol–water partition coefficient (Wildman–Crippen LogP) is 0.527. The highest BCUT2D eigenvalue weighted by molar-refractivity contribution is 5.93. The van der Waals surface area contributed by atoms with Gasteiger partial charge in [0.1, 0.15) is 23.8 Å². The predicted molar refractivity (Wildman–Crippen MR) is 64.7 cm³/mol. The Hall–Kier alpha value is -1.95. The molecule has 5 nitrogen and oxygen atoms in total. The van der Waals surface area contributed by atoms with Crippen LogP contribution in [0.5, 0.6) is 0 Å². The molecule has 6 heteroatoms. The number of benzene rings is 1. The molecule has 2 rings (SSSR count). The standard InChI is InChI=1S/C12H14FN3O2/c1-12(6-18-5-10(14)16-12)8-4-7(11(15)17)2-3-9(8)13/h2-4H,5-6H2,1H3,(H2,14,16)(H2,15,17). The van der Waals surface area contributed by atoms with Crippen molar-refractivity contribution >= 4 is 11.7 Å². The average Bonchev–Trinajstić information content (AvgIpc) is 2.28. The second-order valence-corrected chi connectivity index (χ2v) is 4.43. The second kappa shape index (κ2) is 4.38. The molecule has 18 heavy (non-hydrogen) atoms. The van der Waals surface area contributed by atoms with Crippen LogP contribution in [-0.4, -0.2) is 25.0 Å². The zero-order chi connectivity index (χ0) is 13.3. The molecule has 0 aliphatic carbocycles. The normalized spacial score (nSPS) is 23.6. The summed E-state index contributed by atoms with van der Waals surface area (Å²) >= 11 is 0. The van der Waals surface area contributed by atoms with E-state index < -0.39 is 17.3 Å². The lowest BCUT2D eigenvalue weighted by atomic mass is 9.91. The van der Waals surface area contributed by atoms with Gasteiger partial charge in [0.15, 0.2) is 0 Å². The first-order chi connectivity index (χ1) is 8.42. The minimum Gasteiger partial charge on any atom is -0.386 e. The molecule has 1 aliphatic heterocycles. The van der Waals surface area contributed by atoms with E-state index in [1.165, 1.54) is 18.2 Å². The number of carbonyl (C=O) groups is 1. The highest BCUT2D eigenvalue weighted by atomic mass is 19.1. The number of halogens is 1. The molecule has 0 fully saturated rings. The zero-order valence-electron chi connectivity index (χ0n) is 9.94. The quantitative estimate of drug-likeness (QED) is 0.803. The van der Waals surface area contributed by atoms with Gasteiger partial charge < -0.3 is 16.2 Å². The van der Waals surface area contributed by atoms with Crippen molar-refractivity contribution in [3.05, 3.63) is 35.1 Å². The number of amidine groups is 1. The zero-order valence-corrected chi connectivity index (χ0v) is 9.94. The number of ether oxygens (including phenoxy) is 1. The molecule has 4 N–H and O–H groups in total. The first kappa shape index (κ1) is 12.5. The summed E-state index contributed by atoms with van der Waals surface area (Å²) in [5.74, 6) is -0.786. The lowest BCUT2D eigenvalue weighted by Gasteiger charge is -2.30. The minimum atomic E-state index is -0.933. The summed E-state index contributed by atoms with van der Waals surface area (Å²) < 4.78 is 19.1. The van der Waals surface area contributed by atoms with E-state index in [9.17, 15) is 9.18 Å². The third kappa shape index (κ3) is 2.19. The second-order valence-electron chi connectivity index (χ2n) is 4.43. The first-order valence-corrected chi connectivity index (χ1v) is 5.44. The fraction of sp³-hybridized carbons (Fsp3) is 0.333. The number of hydrogen-bond donors (Lipinski definition) is 2. The summed E-state index contributed by atoms with van der Waals surface area (Å²) in [5, 5.41) is 0. The van der Waals surface area contributed by atoms with Crippen LogP contribution in [0, 0.1) is 5.82 Å². The van der Waals surface area contributed by atoms with Gasteiger partial charge in [-0.15, -0.1) is 0 Å². The summed E-state index contributed by atoms with van der Waals surface area (Å²) in [5.41, 5.74) is 10.3. The Morgan fingerprint density at radius 3 is 2.89 bits per heavy atom. The number of aliphatic imine (C=N–C) groups is 1. The molecule has 1 unspecified atom stereocenters. The number of nitrogens with two attached hydrogens (primary N) is 2. The van der Waals surface area contributed by atoms with Gasteiger partial charge in [-0.2, -0.15) is 0 Å². The van der Waals surface area contributed by atoms with E-state index in [1.807, 2.05) is 0 Å². The van der Waals surface area contributed by atoms with Crippen molar-refractivity contribution in [2.45, 2.75) is 12.5 Å². The van der Waals surface area contributed by atoms with E-state index in [0.717, 1.165) is 0 Å². The van der Waals surface area contributed by atoms with E-state index in [-0.39, 0.29) is 24.3 Å². The summed E-state index contributed by atoms with van der Waals surface area (Å²) in [6.45, 7) is 2.13. The van der Waals surface area contributed by atoms with Crippen molar-refractivity contribution < 1.29 is 13.9 Å². The monoisotopic (exact) mass is 251 g/mol. The van der Waals surface area contributed by atoms with E-state index in [2.05, 4.69) is 4.99 Å². The maximum absolute atomic E-state index is 13.9. The van der Waals surface area contributed by atoms with Gasteiger partial charge >= 0.3 is 0 Å². The molecule has 0 saturated carbocycles. The van der Waals surface area contributed by atoms with Crippen LogP contribution in [0.15, 0.2) is 23.2 Å². The number of primary amides is 1. The Labute approximate surface area is 104 Å². The van der Waals surface area contributed by atoms with Gasteiger partial charge in [0.25, 0.3) is 0 Å². The lowest BCUT2D eigenvalue weighted by Crippen LogP contribution is -2.38. The third-order valence-corrected chi connectivity index (χ3v) is 2.85. The fourth-order valence-electron chi connectivity index (χ4n) is 1.97. The van der Waals surface area contributed by atoms with Gasteiger partial charge in [-0.25, -0.2) is 4.39 Å². The molecule has 0 spiro atoms. The molecule has 0 radical (unpaired) electrons. The van der Waals surface area contributed by atoms with Gasteiger partial charge in [0.05, 0.1) is 6.61 Å². The smallest absolute Gasteiger partial charge is 0.248 e. The number of hydrogen-bond acceptors (Lipinski definition) is 4. The fourth-order valence-corrected chi connectivity index (χ4v) is 1.97. The molecule has 1 aliphatic rings. The third-order valence-electron chi connectivity index (χ3n) is 2.85. The van der Waals surface area contributed by atoms with Gasteiger partial charge in [-0.05, 0) is 25.1 Å². The molecular weight excluding hydrogens is 237 g/mol. The van der Waals surface area contributed by atoms with Crippen LogP contribution < -0.4 is 11.5 Å². The molecule has 96 valence electrons. The Kier molecular flexibility index (Phi) is 3.04. The molecule has 1 atom stereocenters. The Morgan fingerprint density at radius 2 is 2.28 bits per heavy atom. The SMILES string of the molecule is CC1(c2cc(C(N)=O)ccc2F)COCC(N)=N1. The molecular formula is C12H14FN3O2. The molecule has 1 heterocycles. The van der Waals surface area contributed by atoms with Crippen LogP contribution in [0.1, 0.15) is 22.8 Å². The summed E-state index contributed by atoms with van der Waals surface area (Å²) in [4.78, 5) is 15.3. The number of nitrogens with zero attached hydrogens (tertiary/aromatic N) is 1. The molecule has 1 amide bonds. The molecule has 0 saturated heterocycles. The summed E-state index contributed by atoms with van der Waals surface area (Å²) in [6, 6.07) is 3.92. The van der Waals surface area contributed by atoms with Crippen molar-refractivity contribution in [2.24, 2.45) is 16.5 Å². The van der Waals surface area contributed by atoms with Crippen molar-refractivity contribution in [1.82, 2.24) is 0 Å². The van der Waals surface area contributed by atoms with Crippen LogP contribution in [0.4, 0.5) is 4.39 Å². The Morgan fingerprint density at radius 1 is 1.56 bits per heavy atom. The lowest BCUT2D eigenvalue weighted by molar-refractivity contribution is 0.0995. The van der Waals surface area contributed by atoms with E-state index in [0.29, 0.717) is 5.84 Å². The Bertz CT molecular complexity index is 530. The first-order valence-electron chi connectivity index (χ1n) is 5.44. The molecule has 1 aromatic carbocycles. The number of rotatable bonds is 2. The summed E-state index contributed by atoms with van der Waals surface area (Å²) in [6.07, 6.45) is 0. The highest BCUT2D eigenvalue weighted by Crippen LogP contribution is 2.30. The van der Waals surface area contributed by atoms with Crippen LogP contribution in [0.3, 0.4) is 0 Å². The van der Waals surface area contributed by atoms with Crippen LogP contribution in [0.2, 0.25) is 0 Å². The average molecular weight is 251 g/mol. The van der Waals surface area contributed by atoms with Gasteiger partial charge in [-0.1, -0.05) is 0 Å². The summed E-state index contributed by atoms with van der Waals surface area (Å²) in [7, 11) is 0. The topological polar surface area (TPSA) is 90.7 Å². The van der Waals surface area contributed by atoms with Gasteiger partial charge in [0.2, 0.25) is 5.91 Å². The van der Waals surface area contributed by atoms with Gasteiger partial charge in [-0.3, -0.25) is 9.79 Å². The molecule has 1 aromatic rings. The molecule has 0 aromatic heterocycles. The van der Waals surface area contributed by atoms with Crippen LogP contribution >= 0.6 is 0 Å². The minimum absolute atomic E-state index is 0.201. The van der Waals surface area contributed by atoms with Crippen molar-refractivity contribution in [1.29, 1.82) is 0 Å². The Balaban J connectivity index is 2.52. The highest BCUT2D eigenvalue weighted by Gasteiger charge is 2.33. The van der Waals surface area contributed by atoms with Gasteiger partial charge in [0, 0.05) is 11.1 Å². The largest absolute Gasteiger partial charge is 0.386 e. The van der Waals surface area contributed by atoms with Crippen molar-refractivity contribution in [3.63, 3.8) is 0 Å². The number of carbonyl (C=O) groups excluding carboxylic acids is 1. The van der Waals surface area contributed by atoms with Crippen molar-refractivity contribution in [2.75, 3.05) is 13.2 Å². The van der Waals surface area contributed by atoms with Crippen LogP contribution in [-0.2, 0) is 10.3 Å². The maximum atomic E-state index is 13.9.